The first-order valence-electron chi connectivity index (χ1n) is 5.74. The molecule has 1 aliphatic rings. The number of hydrogen-bond acceptors (Lipinski definition) is 1. The number of halogens is 2. The third-order valence-corrected chi connectivity index (χ3v) is 3.24. The molecule has 3 heteroatoms. The van der Waals surface area contributed by atoms with Gasteiger partial charge in [0.2, 0.25) is 0 Å². The van der Waals surface area contributed by atoms with Crippen LogP contribution in [0.2, 0.25) is 0 Å². The van der Waals surface area contributed by atoms with E-state index in [-0.39, 0.29) is 18.2 Å². The molecule has 1 unspecified atom stereocenters. The molecule has 1 nitrogen and oxygen atoms in total. The van der Waals surface area contributed by atoms with Gasteiger partial charge in [-0.2, -0.15) is 0 Å². The van der Waals surface area contributed by atoms with Gasteiger partial charge in [-0.05, 0) is 44.0 Å². The maximum absolute atomic E-state index is 12.7. The molecule has 1 aliphatic heterocycles. The number of benzene rings is 1. The summed E-state index contributed by atoms with van der Waals surface area (Å²) in [6, 6.07) is 7.53. The summed E-state index contributed by atoms with van der Waals surface area (Å²) in [4.78, 5) is 2.48. The molecule has 16 heavy (non-hydrogen) atoms. The summed E-state index contributed by atoms with van der Waals surface area (Å²) in [5, 5.41) is 0. The Kier molecular flexibility index (Phi) is 5.23. The monoisotopic (exact) mass is 243 g/mol. The van der Waals surface area contributed by atoms with Gasteiger partial charge in [0.05, 0.1) is 0 Å². The molecule has 1 fully saturated rings. The van der Waals surface area contributed by atoms with Crippen molar-refractivity contribution in [1.82, 2.24) is 4.90 Å². The zero-order valence-corrected chi connectivity index (χ0v) is 10.5. The molecule has 90 valence electrons. The van der Waals surface area contributed by atoms with Crippen molar-refractivity contribution < 1.29 is 4.39 Å². The summed E-state index contributed by atoms with van der Waals surface area (Å²) in [5.74, 6) is -0.148. The molecular weight excluding hydrogens is 225 g/mol. The van der Waals surface area contributed by atoms with E-state index in [1.54, 1.807) is 12.1 Å². The summed E-state index contributed by atoms with van der Waals surface area (Å²) in [7, 11) is 0. The number of hydrogen-bond donors (Lipinski definition) is 0. The van der Waals surface area contributed by atoms with E-state index in [9.17, 15) is 4.39 Å². The van der Waals surface area contributed by atoms with Gasteiger partial charge in [-0.15, -0.1) is 12.4 Å². The average Bonchev–Trinajstić information content (AvgIpc) is 2.25. The summed E-state index contributed by atoms with van der Waals surface area (Å²) in [6.07, 6.45) is 3.94. The molecular formula is C13H19ClFN. The van der Waals surface area contributed by atoms with E-state index in [1.165, 1.54) is 31.4 Å². The van der Waals surface area contributed by atoms with Crippen molar-refractivity contribution in [3.05, 3.63) is 35.6 Å². The van der Waals surface area contributed by atoms with E-state index in [2.05, 4.69) is 11.8 Å². The van der Waals surface area contributed by atoms with E-state index < -0.39 is 0 Å². The topological polar surface area (TPSA) is 3.24 Å². The standard InChI is InChI=1S/C13H18FN.ClH/c1-11-4-2-3-9-15(11)10-12-5-7-13(14)8-6-12;/h5-8,11H,2-4,9-10H2,1H3;1H. The van der Waals surface area contributed by atoms with E-state index in [0.29, 0.717) is 6.04 Å². The van der Waals surface area contributed by atoms with Gasteiger partial charge < -0.3 is 0 Å². The van der Waals surface area contributed by atoms with Gasteiger partial charge in [0.1, 0.15) is 5.82 Å². The maximum Gasteiger partial charge on any atom is 0.123 e. The maximum atomic E-state index is 12.7. The summed E-state index contributed by atoms with van der Waals surface area (Å²) < 4.78 is 12.7. The van der Waals surface area contributed by atoms with Crippen molar-refractivity contribution >= 4 is 12.4 Å². The summed E-state index contributed by atoms with van der Waals surface area (Å²) in [5.41, 5.74) is 1.21. The van der Waals surface area contributed by atoms with Crippen molar-refractivity contribution in [2.45, 2.75) is 38.8 Å². The minimum Gasteiger partial charge on any atom is -0.296 e. The van der Waals surface area contributed by atoms with E-state index in [1.807, 2.05) is 12.1 Å². The highest BCUT2D eigenvalue weighted by atomic mass is 35.5. The smallest absolute Gasteiger partial charge is 0.123 e. The molecule has 0 amide bonds. The van der Waals surface area contributed by atoms with Gasteiger partial charge in [-0.1, -0.05) is 18.6 Å². The lowest BCUT2D eigenvalue weighted by molar-refractivity contribution is 0.152. The number of rotatable bonds is 2. The Balaban J connectivity index is 0.00000128. The van der Waals surface area contributed by atoms with Crippen LogP contribution in [-0.4, -0.2) is 17.5 Å². The van der Waals surface area contributed by atoms with Gasteiger partial charge in [0, 0.05) is 12.6 Å². The Morgan fingerprint density at radius 3 is 2.56 bits per heavy atom. The van der Waals surface area contributed by atoms with Crippen LogP contribution in [0.3, 0.4) is 0 Å². The van der Waals surface area contributed by atoms with Gasteiger partial charge >= 0.3 is 0 Å². The molecule has 1 heterocycles. The van der Waals surface area contributed by atoms with Crippen molar-refractivity contribution in [1.29, 1.82) is 0 Å². The highest BCUT2D eigenvalue weighted by Crippen LogP contribution is 2.19. The third kappa shape index (κ3) is 3.46. The van der Waals surface area contributed by atoms with E-state index >= 15 is 0 Å². The van der Waals surface area contributed by atoms with Crippen LogP contribution in [0.4, 0.5) is 4.39 Å². The predicted molar refractivity (Wildman–Crippen MR) is 67.4 cm³/mol. The minimum absolute atomic E-state index is 0. The number of nitrogens with zero attached hydrogens (tertiary/aromatic N) is 1. The average molecular weight is 244 g/mol. The number of piperidine rings is 1. The zero-order chi connectivity index (χ0) is 10.7. The Morgan fingerprint density at radius 2 is 1.94 bits per heavy atom. The van der Waals surface area contributed by atoms with Crippen LogP contribution in [0.15, 0.2) is 24.3 Å². The predicted octanol–water partition coefficient (Wildman–Crippen LogP) is 3.62. The van der Waals surface area contributed by atoms with Crippen molar-refractivity contribution in [3.8, 4) is 0 Å². The van der Waals surface area contributed by atoms with Crippen LogP contribution in [0, 0.1) is 5.82 Å². The highest BCUT2D eigenvalue weighted by molar-refractivity contribution is 5.85. The normalized spacial score (nSPS) is 21.5. The van der Waals surface area contributed by atoms with E-state index in [0.717, 1.165) is 6.54 Å². The molecule has 0 bridgehead atoms. The van der Waals surface area contributed by atoms with Gasteiger partial charge in [0.15, 0.2) is 0 Å². The fourth-order valence-electron chi connectivity index (χ4n) is 2.22. The summed E-state index contributed by atoms with van der Waals surface area (Å²) in [6.45, 7) is 4.42. The molecule has 1 atom stereocenters. The lowest BCUT2D eigenvalue weighted by Gasteiger charge is -2.33. The first kappa shape index (κ1) is 13.5. The number of likely N-dealkylation sites (tertiary alicyclic amines) is 1. The Morgan fingerprint density at radius 1 is 1.25 bits per heavy atom. The van der Waals surface area contributed by atoms with Crippen LogP contribution in [0.1, 0.15) is 31.7 Å². The quantitative estimate of drug-likeness (QED) is 0.767. The second kappa shape index (κ2) is 6.21. The first-order valence-corrected chi connectivity index (χ1v) is 5.74. The lowest BCUT2D eigenvalue weighted by Crippen LogP contribution is -2.36. The van der Waals surface area contributed by atoms with E-state index in [4.69, 9.17) is 0 Å². The lowest BCUT2D eigenvalue weighted by atomic mass is 10.0. The Labute approximate surface area is 103 Å². The Bertz CT molecular complexity index is 312. The van der Waals surface area contributed by atoms with Gasteiger partial charge in [0.25, 0.3) is 0 Å². The molecule has 0 N–H and O–H groups in total. The third-order valence-electron chi connectivity index (χ3n) is 3.24. The highest BCUT2D eigenvalue weighted by Gasteiger charge is 2.17. The van der Waals surface area contributed by atoms with Crippen molar-refractivity contribution in [2.24, 2.45) is 0 Å². The van der Waals surface area contributed by atoms with Crippen LogP contribution in [0.25, 0.3) is 0 Å². The minimum atomic E-state index is -0.148. The molecule has 0 radical (unpaired) electrons. The molecule has 1 saturated heterocycles. The van der Waals surface area contributed by atoms with Gasteiger partial charge in [-0.25, -0.2) is 4.39 Å². The first-order chi connectivity index (χ1) is 7.25. The Hall–Kier alpha value is -0.600. The van der Waals surface area contributed by atoms with Crippen LogP contribution in [0.5, 0.6) is 0 Å². The SMILES string of the molecule is CC1CCCCN1Cc1ccc(F)cc1.Cl. The molecule has 0 saturated carbocycles. The molecule has 0 spiro atoms. The second-order valence-electron chi connectivity index (χ2n) is 4.44. The molecule has 0 aromatic heterocycles. The fraction of sp³-hybridized carbons (Fsp3) is 0.538. The summed E-state index contributed by atoms with van der Waals surface area (Å²) >= 11 is 0. The molecule has 1 aromatic carbocycles. The molecule has 0 aliphatic carbocycles. The second-order valence-corrected chi connectivity index (χ2v) is 4.44. The molecule has 2 rings (SSSR count). The van der Waals surface area contributed by atoms with Gasteiger partial charge in [-0.3, -0.25) is 4.90 Å². The molecule has 1 aromatic rings. The largest absolute Gasteiger partial charge is 0.296 e. The van der Waals surface area contributed by atoms with Crippen LogP contribution >= 0.6 is 12.4 Å². The van der Waals surface area contributed by atoms with Crippen LogP contribution in [-0.2, 0) is 6.54 Å². The van der Waals surface area contributed by atoms with Crippen molar-refractivity contribution in [2.75, 3.05) is 6.54 Å². The fourth-order valence-corrected chi connectivity index (χ4v) is 2.22. The zero-order valence-electron chi connectivity index (χ0n) is 9.66. The van der Waals surface area contributed by atoms with Crippen LogP contribution < -0.4 is 0 Å². The van der Waals surface area contributed by atoms with Crippen molar-refractivity contribution in [3.63, 3.8) is 0 Å².